The molecule has 1 radical (unpaired) electrons. The first-order valence-electron chi connectivity index (χ1n) is 4.82. The molecule has 1 rings (SSSR count). The van der Waals surface area contributed by atoms with Crippen LogP contribution >= 0.6 is 0 Å². The summed E-state index contributed by atoms with van der Waals surface area (Å²) in [4.78, 5) is 0. The molecule has 4 heteroatoms. The van der Waals surface area contributed by atoms with Gasteiger partial charge in [0.15, 0.2) is 0 Å². The highest BCUT2D eigenvalue weighted by atomic mass is 28.4. The summed E-state index contributed by atoms with van der Waals surface area (Å²) in [5, 5.41) is 0. The minimum Gasteiger partial charge on any atom is -0.403 e. The minimum atomic E-state index is -1.07. The predicted octanol–water partition coefficient (Wildman–Crippen LogP) is 2.05. The van der Waals surface area contributed by atoms with Crippen molar-refractivity contribution >= 4 is 17.4 Å². The Balaban J connectivity index is 2.52. The Morgan fingerprint density at radius 1 is 1.42 bits per heavy atom. The molecule has 0 aromatic carbocycles. The van der Waals surface area contributed by atoms with Crippen molar-refractivity contribution in [2.24, 2.45) is 0 Å². The Hall–Kier alpha value is 0.354. The zero-order valence-corrected chi connectivity index (χ0v) is 10.7. The van der Waals surface area contributed by atoms with Gasteiger partial charge in [-0.1, -0.05) is 19.6 Å². The lowest BCUT2D eigenvalue weighted by atomic mass is 10.5. The predicted molar refractivity (Wildman–Crippen MR) is 56.9 cm³/mol. The smallest absolute Gasteiger partial charge is 0.298 e. The lowest BCUT2D eigenvalue weighted by molar-refractivity contribution is 0.320. The zero-order valence-electron chi connectivity index (χ0n) is 8.68. The summed E-state index contributed by atoms with van der Waals surface area (Å²) in [6.45, 7) is 11.6. The number of nitrogens with zero attached hydrogens (tertiary/aromatic N) is 1. The second-order valence-electron chi connectivity index (χ2n) is 4.25. The maximum atomic E-state index is 5.80. The van der Waals surface area contributed by atoms with Gasteiger partial charge in [0.05, 0.1) is 0 Å². The third kappa shape index (κ3) is 2.42. The molecule has 0 saturated carbocycles. The summed E-state index contributed by atoms with van der Waals surface area (Å²) in [6, 6.07) is 1.34. The molecule has 71 valence electrons. The van der Waals surface area contributed by atoms with Gasteiger partial charge in [0, 0.05) is 6.61 Å². The van der Waals surface area contributed by atoms with E-state index in [2.05, 4.69) is 30.8 Å². The number of hydrogen-bond donors (Lipinski definition) is 0. The van der Waals surface area contributed by atoms with Crippen molar-refractivity contribution < 1.29 is 4.43 Å². The first-order valence-corrected chi connectivity index (χ1v) is 9.83. The van der Waals surface area contributed by atoms with E-state index < -0.39 is 17.4 Å². The molecule has 0 aliphatic carbocycles. The summed E-state index contributed by atoms with van der Waals surface area (Å²) in [6.07, 6.45) is 1.36. The van der Waals surface area contributed by atoms with Gasteiger partial charge in [-0.25, -0.2) is 0 Å². The Labute approximate surface area is 78.8 Å². The maximum absolute atomic E-state index is 5.80. The Morgan fingerprint density at radius 2 is 2.08 bits per heavy atom. The van der Waals surface area contributed by atoms with E-state index in [0.29, 0.717) is 0 Å². The monoisotopic (exact) mass is 202 g/mol. The summed E-state index contributed by atoms with van der Waals surface area (Å²) >= 11 is 0. The fraction of sp³-hybridized carbons (Fsp3) is 1.00. The van der Waals surface area contributed by atoms with Crippen LogP contribution in [0.5, 0.6) is 0 Å². The highest BCUT2D eigenvalue weighted by molar-refractivity contribution is 6.81. The molecule has 0 aromatic heterocycles. The van der Waals surface area contributed by atoms with Crippen molar-refractivity contribution in [3.8, 4) is 0 Å². The van der Waals surface area contributed by atoms with E-state index in [4.69, 9.17) is 4.43 Å². The van der Waals surface area contributed by atoms with Crippen LogP contribution in [0.25, 0.3) is 0 Å². The molecule has 1 aliphatic rings. The van der Waals surface area contributed by atoms with Gasteiger partial charge in [-0.2, -0.15) is 0 Å². The molecule has 0 atom stereocenters. The zero-order chi connectivity index (χ0) is 9.19. The SMILES string of the molecule is CCO[Si]1CCCN1[Si](C)(C)C. The van der Waals surface area contributed by atoms with Gasteiger partial charge in [-0.05, 0) is 25.9 Å². The van der Waals surface area contributed by atoms with Gasteiger partial charge in [0.1, 0.15) is 8.24 Å². The minimum absolute atomic E-state index is 0.564. The summed E-state index contributed by atoms with van der Waals surface area (Å²) in [7, 11) is -1.63. The van der Waals surface area contributed by atoms with E-state index in [9.17, 15) is 0 Å². The molecule has 1 aliphatic heterocycles. The molecular weight excluding hydrogens is 182 g/mol. The van der Waals surface area contributed by atoms with Gasteiger partial charge in [0.2, 0.25) is 0 Å². The van der Waals surface area contributed by atoms with Gasteiger partial charge < -0.3 is 8.66 Å². The van der Waals surface area contributed by atoms with Crippen molar-refractivity contribution in [2.45, 2.75) is 39.0 Å². The fourth-order valence-corrected chi connectivity index (χ4v) is 7.80. The maximum Gasteiger partial charge on any atom is 0.298 e. The third-order valence-corrected chi connectivity index (χ3v) is 9.03. The summed E-state index contributed by atoms with van der Waals surface area (Å²) in [5.41, 5.74) is 0. The third-order valence-electron chi connectivity index (χ3n) is 2.19. The van der Waals surface area contributed by atoms with E-state index in [1.165, 1.54) is 19.0 Å². The lowest BCUT2D eigenvalue weighted by Crippen LogP contribution is -2.52. The topological polar surface area (TPSA) is 12.5 Å². The second kappa shape index (κ2) is 4.04. The van der Waals surface area contributed by atoms with Crippen molar-refractivity contribution in [2.75, 3.05) is 13.2 Å². The largest absolute Gasteiger partial charge is 0.403 e. The second-order valence-corrected chi connectivity index (χ2v) is 11.7. The van der Waals surface area contributed by atoms with E-state index in [1.807, 2.05) is 0 Å². The van der Waals surface area contributed by atoms with E-state index in [1.54, 1.807) is 0 Å². The van der Waals surface area contributed by atoms with Crippen LogP contribution in [0, 0.1) is 0 Å². The van der Waals surface area contributed by atoms with Crippen LogP contribution in [-0.4, -0.2) is 34.8 Å². The number of rotatable bonds is 3. The molecule has 1 heterocycles. The highest BCUT2D eigenvalue weighted by Gasteiger charge is 2.36. The molecule has 0 aromatic rings. The normalized spacial score (nSPS) is 22.0. The first-order chi connectivity index (χ1) is 5.55. The van der Waals surface area contributed by atoms with Crippen molar-refractivity contribution in [3.63, 3.8) is 0 Å². The fourth-order valence-electron chi connectivity index (χ4n) is 1.67. The standard InChI is InChI=1S/C8H20NOSi2/c1-5-10-11-8-6-7-9(11)12(2,3)4/h5-8H2,1-4H3. The van der Waals surface area contributed by atoms with Crippen LogP contribution < -0.4 is 0 Å². The average Bonchev–Trinajstić information content (AvgIpc) is 2.34. The van der Waals surface area contributed by atoms with Gasteiger partial charge in [-0.3, -0.25) is 0 Å². The molecule has 0 unspecified atom stereocenters. The van der Waals surface area contributed by atoms with E-state index in [0.717, 1.165) is 6.61 Å². The first kappa shape index (κ1) is 10.4. The summed E-state index contributed by atoms with van der Waals surface area (Å²) < 4.78 is 8.50. The van der Waals surface area contributed by atoms with Crippen molar-refractivity contribution in [1.29, 1.82) is 0 Å². The van der Waals surface area contributed by atoms with Gasteiger partial charge >= 0.3 is 0 Å². The Kier molecular flexibility index (Phi) is 3.51. The Morgan fingerprint density at radius 3 is 2.58 bits per heavy atom. The molecule has 1 fully saturated rings. The number of hydrogen-bond acceptors (Lipinski definition) is 2. The molecule has 0 N–H and O–H groups in total. The van der Waals surface area contributed by atoms with Crippen LogP contribution in [0.2, 0.25) is 25.7 Å². The lowest BCUT2D eigenvalue weighted by Gasteiger charge is -2.33. The van der Waals surface area contributed by atoms with E-state index >= 15 is 0 Å². The molecule has 0 spiro atoms. The Bertz CT molecular complexity index is 146. The summed E-state index contributed by atoms with van der Waals surface area (Å²) in [5.74, 6) is 0. The van der Waals surface area contributed by atoms with Gasteiger partial charge in [-0.15, -0.1) is 0 Å². The van der Waals surface area contributed by atoms with Crippen LogP contribution in [0.3, 0.4) is 0 Å². The molecular formula is C8H20NOSi2. The molecule has 0 bridgehead atoms. The van der Waals surface area contributed by atoms with Crippen LogP contribution in [0.1, 0.15) is 13.3 Å². The van der Waals surface area contributed by atoms with Crippen molar-refractivity contribution in [3.05, 3.63) is 0 Å². The molecule has 1 saturated heterocycles. The van der Waals surface area contributed by atoms with Gasteiger partial charge in [0.25, 0.3) is 9.20 Å². The van der Waals surface area contributed by atoms with E-state index in [-0.39, 0.29) is 0 Å². The van der Waals surface area contributed by atoms with Crippen LogP contribution in [0.4, 0.5) is 0 Å². The molecule has 12 heavy (non-hydrogen) atoms. The average molecular weight is 202 g/mol. The quantitative estimate of drug-likeness (QED) is 0.650. The van der Waals surface area contributed by atoms with Crippen molar-refractivity contribution in [1.82, 2.24) is 4.23 Å². The molecule has 2 nitrogen and oxygen atoms in total. The molecule has 0 amide bonds. The van der Waals surface area contributed by atoms with Crippen LogP contribution in [0.15, 0.2) is 0 Å². The van der Waals surface area contributed by atoms with Crippen LogP contribution in [-0.2, 0) is 4.43 Å². The highest BCUT2D eigenvalue weighted by Crippen LogP contribution is 2.22.